The summed E-state index contributed by atoms with van der Waals surface area (Å²) in [6.45, 7) is 3.87. The van der Waals surface area contributed by atoms with Gasteiger partial charge in [0.1, 0.15) is 0 Å². The first kappa shape index (κ1) is 16.7. The fourth-order valence-corrected chi connectivity index (χ4v) is 4.35. The lowest BCUT2D eigenvalue weighted by Gasteiger charge is -2.03. The van der Waals surface area contributed by atoms with Crippen molar-refractivity contribution >= 4 is 37.3 Å². The van der Waals surface area contributed by atoms with E-state index in [2.05, 4.69) is 31.0 Å². The predicted octanol–water partition coefficient (Wildman–Crippen LogP) is 2.47. The fourth-order valence-electron chi connectivity index (χ4n) is 1.81. The quantitative estimate of drug-likeness (QED) is 0.646. The molecule has 2 rings (SSSR count). The standard InChI is InChI=1S/C13H18BrN3O2S2/c1-2-15-8-10-7-12(9-16-10)21(18,19)17-6-5-11-3-4-13(14)20-11/h3-4,7,9,15-17H,2,5-6,8H2,1H3. The molecule has 0 atom stereocenters. The number of halogens is 1. The molecule has 0 unspecified atom stereocenters. The molecule has 21 heavy (non-hydrogen) atoms. The number of sulfonamides is 1. The zero-order chi connectivity index (χ0) is 15.3. The number of nitrogens with one attached hydrogen (secondary N) is 3. The molecule has 2 aromatic rings. The SMILES string of the molecule is CCNCc1cc(S(=O)(=O)NCCc2ccc(Br)s2)c[nH]1. The van der Waals surface area contributed by atoms with Gasteiger partial charge in [-0.3, -0.25) is 0 Å². The van der Waals surface area contributed by atoms with Gasteiger partial charge < -0.3 is 10.3 Å². The van der Waals surface area contributed by atoms with E-state index < -0.39 is 10.0 Å². The van der Waals surface area contributed by atoms with Crippen molar-refractivity contribution in [3.05, 3.63) is 38.8 Å². The monoisotopic (exact) mass is 391 g/mol. The van der Waals surface area contributed by atoms with Crippen LogP contribution in [0, 0.1) is 0 Å². The largest absolute Gasteiger partial charge is 0.363 e. The molecule has 2 heterocycles. The minimum Gasteiger partial charge on any atom is -0.363 e. The van der Waals surface area contributed by atoms with Gasteiger partial charge in [-0.25, -0.2) is 13.1 Å². The third-order valence-electron chi connectivity index (χ3n) is 2.88. The molecule has 0 spiro atoms. The molecule has 116 valence electrons. The summed E-state index contributed by atoms with van der Waals surface area (Å²) in [4.78, 5) is 4.40. The summed E-state index contributed by atoms with van der Waals surface area (Å²) < 4.78 is 28.0. The average molecular weight is 392 g/mol. The summed E-state index contributed by atoms with van der Waals surface area (Å²) in [5.74, 6) is 0. The molecule has 0 aliphatic rings. The molecule has 8 heteroatoms. The average Bonchev–Trinajstić information content (AvgIpc) is 3.06. The van der Waals surface area contributed by atoms with Crippen LogP contribution in [0.5, 0.6) is 0 Å². The van der Waals surface area contributed by atoms with Gasteiger partial charge in [0.2, 0.25) is 10.0 Å². The maximum Gasteiger partial charge on any atom is 0.242 e. The van der Waals surface area contributed by atoms with E-state index in [9.17, 15) is 8.42 Å². The van der Waals surface area contributed by atoms with Crippen molar-refractivity contribution in [3.63, 3.8) is 0 Å². The van der Waals surface area contributed by atoms with Crippen molar-refractivity contribution in [1.29, 1.82) is 0 Å². The van der Waals surface area contributed by atoms with E-state index in [1.165, 1.54) is 6.20 Å². The summed E-state index contributed by atoms with van der Waals surface area (Å²) in [5.41, 5.74) is 0.861. The molecule has 0 aliphatic carbocycles. The number of hydrogen-bond acceptors (Lipinski definition) is 4. The molecule has 0 aliphatic heterocycles. The molecule has 0 saturated heterocycles. The molecule has 0 radical (unpaired) electrons. The number of H-pyrrole nitrogens is 1. The second kappa shape index (κ2) is 7.55. The highest BCUT2D eigenvalue weighted by Crippen LogP contribution is 2.22. The number of aromatic amines is 1. The molecule has 0 bridgehead atoms. The predicted molar refractivity (Wildman–Crippen MR) is 89.1 cm³/mol. The van der Waals surface area contributed by atoms with Crippen LogP contribution in [0.4, 0.5) is 0 Å². The summed E-state index contributed by atoms with van der Waals surface area (Å²) in [6, 6.07) is 5.62. The van der Waals surface area contributed by atoms with Crippen LogP contribution in [0.15, 0.2) is 33.1 Å². The molecular formula is C13H18BrN3O2S2. The first-order valence-electron chi connectivity index (χ1n) is 6.63. The summed E-state index contributed by atoms with van der Waals surface area (Å²) in [6.07, 6.45) is 2.21. The van der Waals surface area contributed by atoms with Crippen LogP contribution in [-0.4, -0.2) is 26.5 Å². The van der Waals surface area contributed by atoms with Crippen LogP contribution < -0.4 is 10.0 Å². The van der Waals surface area contributed by atoms with E-state index in [0.717, 1.165) is 20.9 Å². The van der Waals surface area contributed by atoms with Crippen molar-refractivity contribution in [2.75, 3.05) is 13.1 Å². The molecule has 5 nitrogen and oxygen atoms in total. The maximum absolute atomic E-state index is 12.2. The normalized spacial score (nSPS) is 11.9. The van der Waals surface area contributed by atoms with Crippen LogP contribution in [0.25, 0.3) is 0 Å². The molecule has 2 aromatic heterocycles. The Balaban J connectivity index is 1.90. The molecule has 3 N–H and O–H groups in total. The van der Waals surface area contributed by atoms with Crippen LogP contribution in [0.2, 0.25) is 0 Å². The number of rotatable bonds is 8. The number of hydrogen-bond donors (Lipinski definition) is 3. The smallest absolute Gasteiger partial charge is 0.242 e. The Bertz CT molecular complexity index is 679. The Kier molecular flexibility index (Phi) is 6.00. The Morgan fingerprint density at radius 1 is 1.38 bits per heavy atom. The van der Waals surface area contributed by atoms with Gasteiger partial charge in [0.05, 0.1) is 8.68 Å². The van der Waals surface area contributed by atoms with Gasteiger partial charge in [0.25, 0.3) is 0 Å². The lowest BCUT2D eigenvalue weighted by Crippen LogP contribution is -2.25. The Morgan fingerprint density at radius 3 is 2.86 bits per heavy atom. The molecule has 0 aromatic carbocycles. The Hall–Kier alpha value is -0.670. The summed E-state index contributed by atoms with van der Waals surface area (Å²) in [7, 11) is -3.44. The van der Waals surface area contributed by atoms with Gasteiger partial charge in [-0.15, -0.1) is 11.3 Å². The van der Waals surface area contributed by atoms with Gasteiger partial charge in [-0.1, -0.05) is 6.92 Å². The third kappa shape index (κ3) is 4.93. The highest BCUT2D eigenvalue weighted by Gasteiger charge is 2.15. The topological polar surface area (TPSA) is 74.0 Å². The van der Waals surface area contributed by atoms with Crippen molar-refractivity contribution in [2.24, 2.45) is 0 Å². The molecular weight excluding hydrogens is 374 g/mol. The van der Waals surface area contributed by atoms with Crippen LogP contribution in [0.3, 0.4) is 0 Å². The molecule has 0 fully saturated rings. The van der Waals surface area contributed by atoms with E-state index in [-0.39, 0.29) is 4.90 Å². The van der Waals surface area contributed by atoms with Crippen LogP contribution in [0.1, 0.15) is 17.5 Å². The second-order valence-corrected chi connectivity index (χ2v) is 8.81. The highest BCUT2D eigenvalue weighted by atomic mass is 79.9. The van der Waals surface area contributed by atoms with Crippen LogP contribution in [-0.2, 0) is 23.0 Å². The Labute approximate surface area is 137 Å². The van der Waals surface area contributed by atoms with E-state index >= 15 is 0 Å². The first-order valence-corrected chi connectivity index (χ1v) is 9.72. The van der Waals surface area contributed by atoms with E-state index in [4.69, 9.17) is 0 Å². The third-order valence-corrected chi connectivity index (χ3v) is 6.01. The second-order valence-electron chi connectivity index (χ2n) is 4.49. The molecule has 0 amide bonds. The van der Waals surface area contributed by atoms with Crippen molar-refractivity contribution < 1.29 is 8.42 Å². The van der Waals surface area contributed by atoms with Crippen molar-refractivity contribution in [1.82, 2.24) is 15.0 Å². The summed E-state index contributed by atoms with van der Waals surface area (Å²) >= 11 is 5.01. The van der Waals surface area contributed by atoms with Crippen LogP contribution >= 0.6 is 27.3 Å². The zero-order valence-corrected chi connectivity index (χ0v) is 14.9. The number of thiophene rings is 1. The van der Waals surface area contributed by atoms with Gasteiger partial charge in [-0.05, 0) is 47.1 Å². The Morgan fingerprint density at radius 2 is 2.19 bits per heavy atom. The van der Waals surface area contributed by atoms with Gasteiger partial charge in [-0.2, -0.15) is 0 Å². The highest BCUT2D eigenvalue weighted by molar-refractivity contribution is 9.11. The zero-order valence-electron chi connectivity index (χ0n) is 11.6. The minimum atomic E-state index is -3.44. The first-order chi connectivity index (χ1) is 10.0. The molecule has 0 saturated carbocycles. The van der Waals surface area contributed by atoms with E-state index in [1.807, 2.05) is 19.1 Å². The minimum absolute atomic E-state index is 0.280. The van der Waals surface area contributed by atoms with Gasteiger partial charge in [0, 0.05) is 29.9 Å². The van der Waals surface area contributed by atoms with Crippen molar-refractivity contribution in [3.8, 4) is 0 Å². The number of aromatic nitrogens is 1. The fraction of sp³-hybridized carbons (Fsp3) is 0.385. The summed E-state index contributed by atoms with van der Waals surface area (Å²) in [5, 5.41) is 3.15. The lowest BCUT2D eigenvalue weighted by molar-refractivity contribution is 0.582. The maximum atomic E-state index is 12.2. The lowest BCUT2D eigenvalue weighted by atomic mass is 10.3. The van der Waals surface area contributed by atoms with Gasteiger partial charge in [0.15, 0.2) is 0 Å². The van der Waals surface area contributed by atoms with E-state index in [1.54, 1.807) is 17.4 Å². The van der Waals surface area contributed by atoms with Crippen molar-refractivity contribution in [2.45, 2.75) is 24.8 Å². The van der Waals surface area contributed by atoms with Gasteiger partial charge >= 0.3 is 0 Å². The van der Waals surface area contributed by atoms with E-state index in [0.29, 0.717) is 19.5 Å².